The van der Waals surface area contributed by atoms with Crippen LogP contribution in [0.5, 0.6) is 0 Å². The summed E-state index contributed by atoms with van der Waals surface area (Å²) in [5, 5.41) is 0. The molecule has 1 rings (SSSR count). The molecule has 0 aromatic carbocycles. The molecule has 0 aliphatic carbocycles. The molecule has 0 saturated carbocycles. The van der Waals surface area contributed by atoms with Crippen LogP contribution < -0.4 is 11.3 Å². The van der Waals surface area contributed by atoms with Crippen LogP contribution >= 0.6 is 0 Å². The molecule has 0 radical (unpaired) electrons. The number of hydrazine groups is 1. The van der Waals surface area contributed by atoms with Crippen LogP contribution in [-0.4, -0.2) is 29.8 Å². The summed E-state index contributed by atoms with van der Waals surface area (Å²) >= 11 is 0. The lowest BCUT2D eigenvalue weighted by atomic mass is 10.1. The molecule has 1 fully saturated rings. The number of hydrogen-bond acceptors (Lipinski definition) is 3. The molecule has 5 nitrogen and oxygen atoms in total. The maximum absolute atomic E-state index is 11.6. The predicted octanol–water partition coefficient (Wildman–Crippen LogP) is 0.795. The monoisotopic (exact) mass is 241 g/mol. The molecule has 2 amide bonds. The highest BCUT2D eigenvalue weighted by molar-refractivity contribution is 5.78. The minimum absolute atomic E-state index is 0.117. The smallest absolute Gasteiger partial charge is 0.233 e. The standard InChI is InChI=1S/C12H23N3O2/c1-2-10-8-12(17)15(9-10)7-5-3-4-6-11(16)14-13/h10H,2-9,13H2,1H3,(H,14,16). The van der Waals surface area contributed by atoms with E-state index in [0.717, 1.165) is 38.8 Å². The maximum Gasteiger partial charge on any atom is 0.233 e. The highest BCUT2D eigenvalue weighted by Gasteiger charge is 2.27. The van der Waals surface area contributed by atoms with Crippen LogP contribution in [0.15, 0.2) is 0 Å². The van der Waals surface area contributed by atoms with Gasteiger partial charge in [0.05, 0.1) is 0 Å². The van der Waals surface area contributed by atoms with Gasteiger partial charge in [-0.3, -0.25) is 15.0 Å². The average molecular weight is 241 g/mol. The number of nitrogens with two attached hydrogens (primary N) is 1. The molecule has 17 heavy (non-hydrogen) atoms. The highest BCUT2D eigenvalue weighted by atomic mass is 16.2. The molecule has 1 atom stereocenters. The van der Waals surface area contributed by atoms with Crippen molar-refractivity contribution in [2.75, 3.05) is 13.1 Å². The number of unbranched alkanes of at least 4 members (excludes halogenated alkanes) is 2. The Morgan fingerprint density at radius 2 is 2.24 bits per heavy atom. The normalized spacial score (nSPS) is 19.8. The van der Waals surface area contributed by atoms with Gasteiger partial charge in [0.25, 0.3) is 0 Å². The minimum Gasteiger partial charge on any atom is -0.342 e. The SMILES string of the molecule is CCC1CC(=O)N(CCCCCC(=O)NN)C1. The molecule has 1 aliphatic rings. The third-order valence-electron chi connectivity index (χ3n) is 3.36. The molecule has 1 saturated heterocycles. The molecule has 1 heterocycles. The number of likely N-dealkylation sites (tertiary alicyclic amines) is 1. The van der Waals surface area contributed by atoms with Crippen molar-refractivity contribution in [1.29, 1.82) is 0 Å². The summed E-state index contributed by atoms with van der Waals surface area (Å²) in [6, 6.07) is 0. The zero-order chi connectivity index (χ0) is 12.7. The Morgan fingerprint density at radius 3 is 2.82 bits per heavy atom. The first-order valence-electron chi connectivity index (χ1n) is 6.44. The van der Waals surface area contributed by atoms with Crippen LogP contribution in [0.2, 0.25) is 0 Å². The topological polar surface area (TPSA) is 75.4 Å². The van der Waals surface area contributed by atoms with Gasteiger partial charge in [0.15, 0.2) is 0 Å². The van der Waals surface area contributed by atoms with Gasteiger partial charge in [-0.25, -0.2) is 5.84 Å². The Kier molecular flexibility index (Phi) is 5.97. The van der Waals surface area contributed by atoms with E-state index in [1.165, 1.54) is 0 Å². The number of carbonyl (C=O) groups excluding carboxylic acids is 2. The quantitative estimate of drug-likeness (QED) is 0.299. The first-order valence-corrected chi connectivity index (χ1v) is 6.44. The Balaban J connectivity index is 2.07. The second kappa shape index (κ2) is 7.27. The molecule has 0 bridgehead atoms. The van der Waals surface area contributed by atoms with Gasteiger partial charge in [-0.05, 0) is 18.8 Å². The van der Waals surface area contributed by atoms with Gasteiger partial charge < -0.3 is 4.90 Å². The fourth-order valence-corrected chi connectivity index (χ4v) is 2.18. The van der Waals surface area contributed by atoms with Crippen molar-refractivity contribution in [2.45, 2.75) is 45.4 Å². The molecule has 0 spiro atoms. The van der Waals surface area contributed by atoms with E-state index in [0.29, 0.717) is 18.8 Å². The van der Waals surface area contributed by atoms with E-state index >= 15 is 0 Å². The summed E-state index contributed by atoms with van der Waals surface area (Å²) in [5.74, 6) is 5.70. The van der Waals surface area contributed by atoms with Gasteiger partial charge in [0.1, 0.15) is 0 Å². The minimum atomic E-state index is -0.117. The first kappa shape index (κ1) is 14.0. The molecule has 1 aliphatic heterocycles. The Bertz CT molecular complexity index is 268. The number of rotatable bonds is 7. The Morgan fingerprint density at radius 1 is 1.47 bits per heavy atom. The first-order chi connectivity index (χ1) is 8.17. The van der Waals surface area contributed by atoms with E-state index in [1.54, 1.807) is 0 Å². The van der Waals surface area contributed by atoms with E-state index in [9.17, 15) is 9.59 Å². The Hall–Kier alpha value is -1.10. The third kappa shape index (κ3) is 4.73. The fraction of sp³-hybridized carbons (Fsp3) is 0.833. The van der Waals surface area contributed by atoms with Gasteiger partial charge in [0, 0.05) is 25.9 Å². The van der Waals surface area contributed by atoms with Crippen LogP contribution in [0.25, 0.3) is 0 Å². The van der Waals surface area contributed by atoms with Gasteiger partial charge in [-0.2, -0.15) is 0 Å². The van der Waals surface area contributed by atoms with Crippen molar-refractivity contribution in [3.8, 4) is 0 Å². The summed E-state index contributed by atoms with van der Waals surface area (Å²) in [7, 11) is 0. The fourth-order valence-electron chi connectivity index (χ4n) is 2.18. The van der Waals surface area contributed by atoms with E-state index in [-0.39, 0.29) is 11.8 Å². The van der Waals surface area contributed by atoms with Gasteiger partial charge in [-0.1, -0.05) is 19.8 Å². The van der Waals surface area contributed by atoms with Crippen LogP contribution in [0.3, 0.4) is 0 Å². The number of hydrogen-bond donors (Lipinski definition) is 2. The van der Waals surface area contributed by atoms with E-state index < -0.39 is 0 Å². The number of amides is 2. The molecule has 0 aromatic heterocycles. The van der Waals surface area contributed by atoms with Gasteiger partial charge in [0.2, 0.25) is 11.8 Å². The Labute approximate surface area is 103 Å². The van der Waals surface area contributed by atoms with Crippen LogP contribution in [0, 0.1) is 5.92 Å². The van der Waals surface area contributed by atoms with E-state index in [4.69, 9.17) is 5.84 Å². The highest BCUT2D eigenvalue weighted by Crippen LogP contribution is 2.20. The summed E-state index contributed by atoms with van der Waals surface area (Å²) in [6.45, 7) is 3.88. The van der Waals surface area contributed by atoms with Crippen molar-refractivity contribution in [3.05, 3.63) is 0 Å². The van der Waals surface area contributed by atoms with Crippen LogP contribution in [-0.2, 0) is 9.59 Å². The van der Waals surface area contributed by atoms with Crippen molar-refractivity contribution >= 4 is 11.8 Å². The summed E-state index contributed by atoms with van der Waals surface area (Å²) < 4.78 is 0. The molecule has 3 N–H and O–H groups in total. The van der Waals surface area contributed by atoms with Gasteiger partial charge in [-0.15, -0.1) is 0 Å². The second-order valence-corrected chi connectivity index (χ2v) is 4.70. The zero-order valence-corrected chi connectivity index (χ0v) is 10.6. The number of nitrogens with zero attached hydrogens (tertiary/aromatic N) is 1. The van der Waals surface area contributed by atoms with Crippen molar-refractivity contribution in [1.82, 2.24) is 10.3 Å². The summed E-state index contributed by atoms with van der Waals surface area (Å²) in [5.41, 5.74) is 2.11. The number of carbonyl (C=O) groups is 2. The van der Waals surface area contributed by atoms with Crippen LogP contribution in [0.4, 0.5) is 0 Å². The summed E-state index contributed by atoms with van der Waals surface area (Å²) in [6.07, 6.45) is 5.04. The molecular weight excluding hydrogens is 218 g/mol. The molecule has 5 heteroatoms. The van der Waals surface area contributed by atoms with Crippen molar-refractivity contribution in [2.24, 2.45) is 11.8 Å². The van der Waals surface area contributed by atoms with Crippen LogP contribution in [0.1, 0.15) is 45.4 Å². The van der Waals surface area contributed by atoms with E-state index in [2.05, 4.69) is 12.3 Å². The second-order valence-electron chi connectivity index (χ2n) is 4.70. The van der Waals surface area contributed by atoms with Crippen molar-refractivity contribution in [3.63, 3.8) is 0 Å². The zero-order valence-electron chi connectivity index (χ0n) is 10.6. The molecular formula is C12H23N3O2. The molecule has 1 unspecified atom stereocenters. The average Bonchev–Trinajstić information content (AvgIpc) is 2.69. The predicted molar refractivity (Wildman–Crippen MR) is 65.8 cm³/mol. The van der Waals surface area contributed by atoms with Gasteiger partial charge >= 0.3 is 0 Å². The largest absolute Gasteiger partial charge is 0.342 e. The number of nitrogens with one attached hydrogen (secondary N) is 1. The lowest BCUT2D eigenvalue weighted by Crippen LogP contribution is -2.29. The molecule has 0 aromatic rings. The third-order valence-corrected chi connectivity index (χ3v) is 3.36. The lowest BCUT2D eigenvalue weighted by molar-refractivity contribution is -0.128. The maximum atomic E-state index is 11.6. The molecule has 98 valence electrons. The van der Waals surface area contributed by atoms with E-state index in [1.807, 2.05) is 4.90 Å². The summed E-state index contributed by atoms with van der Waals surface area (Å²) in [4.78, 5) is 24.4. The van der Waals surface area contributed by atoms with Crippen molar-refractivity contribution < 1.29 is 9.59 Å². The lowest BCUT2D eigenvalue weighted by Gasteiger charge is -2.15.